The van der Waals surface area contributed by atoms with E-state index in [4.69, 9.17) is 4.74 Å². The highest BCUT2D eigenvalue weighted by Gasteiger charge is 2.17. The minimum Gasteiger partial charge on any atom is -0.378 e. The number of rotatable bonds is 7. The molecule has 0 amide bonds. The number of nitrogens with zero attached hydrogens (tertiary/aromatic N) is 4. The summed E-state index contributed by atoms with van der Waals surface area (Å²) in [5, 5.41) is 1.05. The van der Waals surface area contributed by atoms with E-state index in [0.29, 0.717) is 0 Å². The van der Waals surface area contributed by atoms with Crippen LogP contribution in [0.25, 0.3) is 22.3 Å². The van der Waals surface area contributed by atoms with E-state index in [1.54, 1.807) is 18.3 Å². The SMILES string of the molecule is c1nc(N2CCOCC2)c2cc(-c3ccc(NSCc4ccc(N5CCCC5)cc4)cc3)[nH]c2n1. The first-order valence-electron chi connectivity index (χ1n) is 12.3. The van der Waals surface area contributed by atoms with Gasteiger partial charge in [0.25, 0.3) is 0 Å². The van der Waals surface area contributed by atoms with Crippen LogP contribution in [0, 0.1) is 0 Å². The number of H-pyrrole nitrogens is 1. The molecule has 7 nitrogen and oxygen atoms in total. The number of anilines is 3. The third-order valence-corrected chi connectivity index (χ3v) is 7.61. The Kier molecular flexibility index (Phi) is 6.47. The Morgan fingerprint density at radius 1 is 0.886 bits per heavy atom. The summed E-state index contributed by atoms with van der Waals surface area (Å²) >= 11 is 1.72. The fourth-order valence-electron chi connectivity index (χ4n) is 4.81. The largest absolute Gasteiger partial charge is 0.378 e. The minimum absolute atomic E-state index is 0.735. The molecule has 2 N–H and O–H groups in total. The molecule has 2 aliphatic rings. The lowest BCUT2D eigenvalue weighted by atomic mass is 10.1. The highest BCUT2D eigenvalue weighted by molar-refractivity contribution is 7.99. The molecule has 0 radical (unpaired) electrons. The van der Waals surface area contributed by atoms with E-state index in [2.05, 4.69) is 84.1 Å². The maximum atomic E-state index is 5.49. The number of aromatic nitrogens is 3. The second-order valence-corrected chi connectivity index (χ2v) is 9.85. The van der Waals surface area contributed by atoms with Crippen molar-refractivity contribution in [3.63, 3.8) is 0 Å². The van der Waals surface area contributed by atoms with Crippen LogP contribution in [0.2, 0.25) is 0 Å². The second kappa shape index (κ2) is 10.2. The molecule has 6 rings (SSSR count). The van der Waals surface area contributed by atoms with Gasteiger partial charge in [-0.25, -0.2) is 9.97 Å². The van der Waals surface area contributed by atoms with Gasteiger partial charge in [0.05, 0.1) is 18.6 Å². The third kappa shape index (κ3) is 4.94. The molecule has 4 heterocycles. The van der Waals surface area contributed by atoms with E-state index in [9.17, 15) is 0 Å². The molecule has 35 heavy (non-hydrogen) atoms. The standard InChI is InChI=1S/C27H30N6OS/c1-2-12-32(11-1)23-9-3-20(4-10-23)18-35-31-22-7-5-21(6-8-22)25-17-24-26(30-25)28-19-29-27(24)33-13-15-34-16-14-33/h3-10,17,19,31H,1-2,11-16,18H2,(H,28,29,30). The van der Waals surface area contributed by atoms with Crippen LogP contribution in [0.3, 0.4) is 0 Å². The summed E-state index contributed by atoms with van der Waals surface area (Å²) in [5.41, 5.74) is 6.82. The maximum absolute atomic E-state index is 5.49. The molecule has 4 aromatic rings. The van der Waals surface area contributed by atoms with Gasteiger partial charge in [0.15, 0.2) is 0 Å². The van der Waals surface area contributed by atoms with Crippen molar-refractivity contribution in [3.8, 4) is 11.3 Å². The molecule has 0 aliphatic carbocycles. The van der Waals surface area contributed by atoms with Crippen LogP contribution >= 0.6 is 11.9 Å². The fourth-order valence-corrected chi connectivity index (χ4v) is 5.54. The molecule has 2 aromatic heterocycles. The molecule has 8 heteroatoms. The smallest absolute Gasteiger partial charge is 0.143 e. The van der Waals surface area contributed by atoms with Crippen molar-refractivity contribution in [2.75, 3.05) is 53.9 Å². The van der Waals surface area contributed by atoms with E-state index >= 15 is 0 Å². The summed E-state index contributed by atoms with van der Waals surface area (Å²) in [5.74, 6) is 1.90. The first-order valence-corrected chi connectivity index (χ1v) is 13.3. The van der Waals surface area contributed by atoms with Gasteiger partial charge in [-0.15, -0.1) is 0 Å². The summed E-state index contributed by atoms with van der Waals surface area (Å²) in [7, 11) is 0. The van der Waals surface area contributed by atoms with E-state index in [1.165, 1.54) is 37.2 Å². The molecule has 0 saturated carbocycles. The summed E-state index contributed by atoms with van der Waals surface area (Å²) in [6.07, 6.45) is 4.26. The summed E-state index contributed by atoms with van der Waals surface area (Å²) in [6, 6.07) is 19.7. The van der Waals surface area contributed by atoms with E-state index < -0.39 is 0 Å². The van der Waals surface area contributed by atoms with Crippen molar-refractivity contribution in [3.05, 3.63) is 66.5 Å². The summed E-state index contributed by atoms with van der Waals surface area (Å²) in [4.78, 5) is 17.2. The third-order valence-electron chi connectivity index (χ3n) is 6.75. The minimum atomic E-state index is 0.735. The monoisotopic (exact) mass is 486 g/mol. The highest BCUT2D eigenvalue weighted by Crippen LogP contribution is 2.30. The number of aromatic amines is 1. The van der Waals surface area contributed by atoms with Crippen molar-refractivity contribution in [1.29, 1.82) is 0 Å². The molecular formula is C27H30N6OS. The number of benzene rings is 2. The Balaban J connectivity index is 1.08. The lowest BCUT2D eigenvalue weighted by Gasteiger charge is -2.27. The maximum Gasteiger partial charge on any atom is 0.143 e. The fraction of sp³-hybridized carbons (Fsp3) is 0.333. The predicted molar refractivity (Wildman–Crippen MR) is 145 cm³/mol. The molecule has 180 valence electrons. The number of hydrogen-bond acceptors (Lipinski definition) is 7. The van der Waals surface area contributed by atoms with Crippen LogP contribution in [0.15, 0.2) is 60.9 Å². The van der Waals surface area contributed by atoms with Crippen LogP contribution in [-0.2, 0) is 10.5 Å². The van der Waals surface area contributed by atoms with Crippen molar-refractivity contribution in [2.45, 2.75) is 18.6 Å². The van der Waals surface area contributed by atoms with Gasteiger partial charge >= 0.3 is 0 Å². The molecular weight excluding hydrogens is 456 g/mol. The van der Waals surface area contributed by atoms with Crippen LogP contribution in [0.5, 0.6) is 0 Å². The lowest BCUT2D eigenvalue weighted by molar-refractivity contribution is 0.122. The number of hydrogen-bond donors (Lipinski definition) is 2. The average Bonchev–Trinajstić information content (AvgIpc) is 3.61. The Morgan fingerprint density at radius 2 is 1.66 bits per heavy atom. The molecule has 2 aromatic carbocycles. The highest BCUT2D eigenvalue weighted by atomic mass is 32.2. The van der Waals surface area contributed by atoms with E-state index in [-0.39, 0.29) is 0 Å². The van der Waals surface area contributed by atoms with Crippen molar-refractivity contribution >= 4 is 40.2 Å². The van der Waals surface area contributed by atoms with Crippen LogP contribution in [-0.4, -0.2) is 54.3 Å². The molecule has 2 aliphatic heterocycles. The van der Waals surface area contributed by atoms with E-state index in [1.807, 2.05) is 0 Å². The van der Waals surface area contributed by atoms with Gasteiger partial charge in [0.1, 0.15) is 17.8 Å². The van der Waals surface area contributed by atoms with Gasteiger partial charge in [-0.05, 0) is 66.2 Å². The zero-order valence-electron chi connectivity index (χ0n) is 19.7. The number of nitrogens with one attached hydrogen (secondary N) is 2. The normalized spacial score (nSPS) is 16.2. The van der Waals surface area contributed by atoms with Gasteiger partial charge in [-0.1, -0.05) is 24.3 Å². The van der Waals surface area contributed by atoms with E-state index in [0.717, 1.165) is 65.9 Å². The van der Waals surface area contributed by atoms with Gasteiger partial charge < -0.3 is 24.2 Å². The van der Waals surface area contributed by atoms with Crippen LogP contribution in [0.4, 0.5) is 17.2 Å². The van der Waals surface area contributed by atoms with Crippen molar-refractivity contribution in [1.82, 2.24) is 15.0 Å². The zero-order chi connectivity index (χ0) is 23.5. The molecule has 0 spiro atoms. The Labute approximate surface area is 210 Å². The molecule has 2 saturated heterocycles. The second-order valence-electron chi connectivity index (χ2n) is 9.07. The Hall–Kier alpha value is -3.23. The zero-order valence-corrected chi connectivity index (χ0v) is 20.6. The molecule has 2 fully saturated rings. The van der Waals surface area contributed by atoms with Gasteiger partial charge in [-0.3, -0.25) is 0 Å². The average molecular weight is 487 g/mol. The summed E-state index contributed by atoms with van der Waals surface area (Å²) < 4.78 is 8.97. The van der Waals surface area contributed by atoms with Gasteiger partial charge in [0.2, 0.25) is 0 Å². The lowest BCUT2D eigenvalue weighted by Crippen LogP contribution is -2.36. The predicted octanol–water partition coefficient (Wildman–Crippen LogP) is 5.32. The van der Waals surface area contributed by atoms with Gasteiger partial charge in [-0.2, -0.15) is 0 Å². The van der Waals surface area contributed by atoms with Crippen molar-refractivity contribution < 1.29 is 4.74 Å². The molecule has 0 bridgehead atoms. The molecule has 0 atom stereocenters. The Bertz CT molecular complexity index is 1260. The van der Waals surface area contributed by atoms with Crippen LogP contribution in [0.1, 0.15) is 18.4 Å². The Morgan fingerprint density at radius 3 is 2.43 bits per heavy atom. The first-order chi connectivity index (χ1) is 17.3. The van der Waals surface area contributed by atoms with Crippen molar-refractivity contribution in [2.24, 2.45) is 0 Å². The quantitative estimate of drug-likeness (QED) is 0.343. The number of fused-ring (bicyclic) bond motifs is 1. The first kappa shape index (κ1) is 22.2. The topological polar surface area (TPSA) is 69.3 Å². The van der Waals surface area contributed by atoms with Gasteiger partial charge in [0, 0.05) is 49.0 Å². The summed E-state index contributed by atoms with van der Waals surface area (Å²) in [6.45, 7) is 5.55. The number of morpholine rings is 1. The number of ether oxygens (including phenoxy) is 1. The molecule has 0 unspecified atom stereocenters. The van der Waals surface area contributed by atoms with Crippen LogP contribution < -0.4 is 14.5 Å².